The van der Waals surface area contributed by atoms with Crippen LogP contribution in [0.1, 0.15) is 78.2 Å². The van der Waals surface area contributed by atoms with E-state index in [9.17, 15) is 14.4 Å². The number of amides is 3. The molecule has 3 rings (SSSR count). The SMILES string of the molecule is Cc1cc(NC(=O)C(=O)N2CC(C)CCC2C2CCCCC2)cnc1NC(=O)OC(C)(C)C. The molecule has 1 aliphatic carbocycles. The van der Waals surface area contributed by atoms with Crippen LogP contribution in [0.2, 0.25) is 0 Å². The molecule has 1 aromatic rings. The maximum atomic E-state index is 13.2. The van der Waals surface area contributed by atoms with Crippen LogP contribution in [0.25, 0.3) is 0 Å². The topological polar surface area (TPSA) is 101 Å². The van der Waals surface area contributed by atoms with Crippen molar-refractivity contribution in [3.8, 4) is 0 Å². The summed E-state index contributed by atoms with van der Waals surface area (Å²) in [7, 11) is 0. The van der Waals surface area contributed by atoms with E-state index in [0.29, 0.717) is 35.4 Å². The van der Waals surface area contributed by atoms with Gasteiger partial charge in [-0.05, 0) is 76.8 Å². The minimum Gasteiger partial charge on any atom is -0.444 e. The maximum Gasteiger partial charge on any atom is 0.413 e. The van der Waals surface area contributed by atoms with E-state index in [1.165, 1.54) is 25.5 Å². The third-order valence-corrected chi connectivity index (χ3v) is 6.47. The number of likely N-dealkylation sites (tertiary alicyclic amines) is 1. The number of hydrogen-bond acceptors (Lipinski definition) is 5. The van der Waals surface area contributed by atoms with Crippen molar-refractivity contribution < 1.29 is 19.1 Å². The first kappa shape index (κ1) is 25.0. The number of aryl methyl sites for hydroxylation is 1. The van der Waals surface area contributed by atoms with E-state index in [2.05, 4.69) is 22.5 Å². The average Bonchev–Trinajstić information content (AvgIpc) is 2.74. The Bertz CT molecular complexity index is 874. The zero-order valence-electron chi connectivity index (χ0n) is 20.6. The van der Waals surface area contributed by atoms with Crippen molar-refractivity contribution >= 4 is 29.4 Å². The fourth-order valence-corrected chi connectivity index (χ4v) is 4.91. The summed E-state index contributed by atoms with van der Waals surface area (Å²) in [6.45, 7) is 9.88. The molecule has 0 radical (unpaired) electrons. The second kappa shape index (κ2) is 10.5. The Labute approximate surface area is 196 Å². The molecule has 0 spiro atoms. The minimum absolute atomic E-state index is 0.153. The average molecular weight is 459 g/mol. The van der Waals surface area contributed by atoms with Crippen LogP contribution in [0.5, 0.6) is 0 Å². The van der Waals surface area contributed by atoms with Gasteiger partial charge in [-0.2, -0.15) is 0 Å². The maximum absolute atomic E-state index is 13.2. The number of piperidine rings is 1. The van der Waals surface area contributed by atoms with E-state index in [1.54, 1.807) is 33.8 Å². The van der Waals surface area contributed by atoms with Crippen LogP contribution >= 0.6 is 0 Å². The molecule has 2 N–H and O–H groups in total. The van der Waals surface area contributed by atoms with Crippen molar-refractivity contribution in [1.29, 1.82) is 0 Å². The summed E-state index contributed by atoms with van der Waals surface area (Å²) >= 11 is 0. The molecule has 33 heavy (non-hydrogen) atoms. The van der Waals surface area contributed by atoms with E-state index in [1.807, 2.05) is 4.90 Å². The van der Waals surface area contributed by atoms with Crippen molar-refractivity contribution in [1.82, 2.24) is 9.88 Å². The van der Waals surface area contributed by atoms with Gasteiger partial charge in [-0.15, -0.1) is 0 Å². The number of nitrogens with one attached hydrogen (secondary N) is 2. The van der Waals surface area contributed by atoms with E-state index < -0.39 is 23.5 Å². The molecule has 1 aliphatic heterocycles. The lowest BCUT2D eigenvalue weighted by molar-refractivity contribution is -0.147. The molecule has 2 fully saturated rings. The summed E-state index contributed by atoms with van der Waals surface area (Å²) < 4.78 is 5.25. The van der Waals surface area contributed by atoms with Crippen LogP contribution in [0.3, 0.4) is 0 Å². The first-order valence-electron chi connectivity index (χ1n) is 12.1. The minimum atomic E-state index is -0.640. The first-order chi connectivity index (χ1) is 15.5. The first-order valence-corrected chi connectivity index (χ1v) is 12.1. The number of rotatable bonds is 3. The van der Waals surface area contributed by atoms with Gasteiger partial charge in [0.2, 0.25) is 0 Å². The quantitative estimate of drug-likeness (QED) is 0.629. The molecule has 182 valence electrons. The van der Waals surface area contributed by atoms with Crippen molar-refractivity contribution in [2.75, 3.05) is 17.2 Å². The van der Waals surface area contributed by atoms with Crippen molar-refractivity contribution in [3.63, 3.8) is 0 Å². The summed E-state index contributed by atoms with van der Waals surface area (Å²) in [6.07, 6.45) is 8.86. The molecule has 2 atom stereocenters. The van der Waals surface area contributed by atoms with E-state index in [0.717, 1.165) is 25.7 Å². The van der Waals surface area contributed by atoms with Gasteiger partial charge in [0.15, 0.2) is 0 Å². The number of aromatic nitrogens is 1. The van der Waals surface area contributed by atoms with Crippen molar-refractivity contribution in [2.45, 2.75) is 91.2 Å². The number of anilines is 2. The number of carbonyl (C=O) groups is 3. The number of carbonyl (C=O) groups excluding carboxylic acids is 3. The van der Waals surface area contributed by atoms with Crippen LogP contribution < -0.4 is 10.6 Å². The van der Waals surface area contributed by atoms with Crippen LogP contribution in [-0.4, -0.2) is 46.0 Å². The lowest BCUT2D eigenvalue weighted by atomic mass is 9.78. The van der Waals surface area contributed by atoms with Gasteiger partial charge >= 0.3 is 17.9 Å². The van der Waals surface area contributed by atoms with Crippen LogP contribution in [0.4, 0.5) is 16.3 Å². The predicted molar refractivity (Wildman–Crippen MR) is 128 cm³/mol. The number of hydrogen-bond donors (Lipinski definition) is 2. The standard InChI is InChI=1S/C25H38N4O4/c1-16-11-12-20(18-9-7-6-8-10-18)29(15-16)23(31)22(30)27-19-13-17(2)21(26-14-19)28-24(32)33-25(3,4)5/h13-14,16,18,20H,6-12,15H2,1-5H3,(H,27,30)(H,26,28,32). The molecule has 0 aromatic carbocycles. The van der Waals surface area contributed by atoms with Gasteiger partial charge in [0.1, 0.15) is 11.4 Å². The zero-order valence-corrected chi connectivity index (χ0v) is 20.6. The second-order valence-corrected chi connectivity index (χ2v) is 10.6. The highest BCUT2D eigenvalue weighted by Gasteiger charge is 2.37. The number of pyridine rings is 1. The highest BCUT2D eigenvalue weighted by Crippen LogP contribution is 2.35. The Hall–Kier alpha value is -2.64. The molecule has 2 heterocycles. The van der Waals surface area contributed by atoms with E-state index in [4.69, 9.17) is 4.74 Å². The van der Waals surface area contributed by atoms with E-state index >= 15 is 0 Å². The molecule has 1 saturated heterocycles. The molecule has 2 unspecified atom stereocenters. The fraction of sp³-hybridized carbons (Fsp3) is 0.680. The molecule has 1 saturated carbocycles. The summed E-state index contributed by atoms with van der Waals surface area (Å²) in [5, 5.41) is 5.31. The Morgan fingerprint density at radius 2 is 1.76 bits per heavy atom. The molecular formula is C25H38N4O4. The Balaban J connectivity index is 1.65. The van der Waals surface area contributed by atoms with E-state index in [-0.39, 0.29) is 6.04 Å². The molecule has 8 heteroatoms. The zero-order chi connectivity index (χ0) is 24.2. The molecule has 0 bridgehead atoms. The summed E-state index contributed by atoms with van der Waals surface area (Å²) in [6, 6.07) is 1.84. The van der Waals surface area contributed by atoms with Gasteiger partial charge in [0, 0.05) is 12.6 Å². The molecule has 8 nitrogen and oxygen atoms in total. The summed E-state index contributed by atoms with van der Waals surface area (Å²) in [5.41, 5.74) is 0.450. The molecular weight excluding hydrogens is 420 g/mol. The number of nitrogens with zero attached hydrogens (tertiary/aromatic N) is 2. The van der Waals surface area contributed by atoms with Gasteiger partial charge in [-0.1, -0.05) is 26.2 Å². The van der Waals surface area contributed by atoms with Crippen molar-refractivity contribution in [2.24, 2.45) is 11.8 Å². The van der Waals surface area contributed by atoms with Gasteiger partial charge in [0.05, 0.1) is 11.9 Å². The normalized spacial score (nSPS) is 21.9. The number of ether oxygens (including phenoxy) is 1. The highest BCUT2D eigenvalue weighted by atomic mass is 16.6. The molecule has 2 aliphatic rings. The Morgan fingerprint density at radius 3 is 2.39 bits per heavy atom. The smallest absolute Gasteiger partial charge is 0.413 e. The molecule has 3 amide bonds. The largest absolute Gasteiger partial charge is 0.444 e. The van der Waals surface area contributed by atoms with Gasteiger partial charge in [-0.3, -0.25) is 14.9 Å². The lowest BCUT2D eigenvalue weighted by Gasteiger charge is -2.43. The Kier molecular flexibility index (Phi) is 7.97. The third kappa shape index (κ3) is 6.92. The molecule has 1 aromatic heterocycles. The second-order valence-electron chi connectivity index (χ2n) is 10.6. The Morgan fingerprint density at radius 1 is 1.06 bits per heavy atom. The summed E-state index contributed by atoms with van der Waals surface area (Å²) in [5.74, 6) is 0.120. The predicted octanol–water partition coefficient (Wildman–Crippen LogP) is 4.88. The van der Waals surface area contributed by atoms with Crippen LogP contribution in [0, 0.1) is 18.8 Å². The van der Waals surface area contributed by atoms with Gasteiger partial charge in [0.25, 0.3) is 0 Å². The van der Waals surface area contributed by atoms with Crippen LogP contribution in [0.15, 0.2) is 12.3 Å². The van der Waals surface area contributed by atoms with Crippen molar-refractivity contribution in [3.05, 3.63) is 17.8 Å². The van der Waals surface area contributed by atoms with Gasteiger partial charge < -0.3 is 15.0 Å². The monoisotopic (exact) mass is 458 g/mol. The fourth-order valence-electron chi connectivity index (χ4n) is 4.91. The highest BCUT2D eigenvalue weighted by molar-refractivity contribution is 6.39. The van der Waals surface area contributed by atoms with Crippen LogP contribution in [-0.2, 0) is 14.3 Å². The third-order valence-electron chi connectivity index (χ3n) is 6.47. The lowest BCUT2D eigenvalue weighted by Crippen LogP contribution is -2.53. The van der Waals surface area contributed by atoms with Gasteiger partial charge in [-0.25, -0.2) is 9.78 Å². The summed E-state index contributed by atoms with van der Waals surface area (Å²) in [4.78, 5) is 44.1.